The number of hydrogen-bond acceptors (Lipinski definition) is 7. The first-order valence-electron chi connectivity index (χ1n) is 12.1. The predicted octanol–water partition coefficient (Wildman–Crippen LogP) is -0.512. The number of nitrogens with one attached hydrogen (secondary N) is 4. The van der Waals surface area contributed by atoms with E-state index in [2.05, 4.69) is 25.9 Å². The van der Waals surface area contributed by atoms with Crippen molar-refractivity contribution in [3.63, 3.8) is 0 Å². The summed E-state index contributed by atoms with van der Waals surface area (Å²) in [7, 11) is 0. The van der Waals surface area contributed by atoms with E-state index in [1.54, 1.807) is 43.5 Å². The van der Waals surface area contributed by atoms with Gasteiger partial charge in [0.15, 0.2) is 6.04 Å². The number of carbonyl (C=O) groups excluding carboxylic acids is 3. The van der Waals surface area contributed by atoms with Gasteiger partial charge in [0.05, 0.1) is 18.5 Å². The Hall–Kier alpha value is -3.77. The van der Waals surface area contributed by atoms with Gasteiger partial charge in [0, 0.05) is 24.7 Å². The number of carboxylic acids is 1. The number of amides is 3. The van der Waals surface area contributed by atoms with Crippen molar-refractivity contribution in [2.24, 2.45) is 11.7 Å². The van der Waals surface area contributed by atoms with Crippen molar-refractivity contribution in [2.45, 2.75) is 70.3 Å². The molecule has 12 nitrogen and oxygen atoms in total. The highest BCUT2D eigenvalue weighted by Crippen LogP contribution is 2.11. The molecule has 2 aromatic rings. The smallest absolute Gasteiger partial charge is 0.328 e. The predicted molar refractivity (Wildman–Crippen MR) is 135 cm³/mol. The quantitative estimate of drug-likeness (QED) is 0.174. The number of aromatic nitrogens is 2. The number of carboxylic acid groups (broad SMARTS) is 1. The van der Waals surface area contributed by atoms with Crippen LogP contribution in [0.25, 0.3) is 0 Å². The molecule has 0 saturated heterocycles. The number of aliphatic carboxylic acids is 1. The highest BCUT2D eigenvalue weighted by molar-refractivity contribution is 5.94. The summed E-state index contributed by atoms with van der Waals surface area (Å²) in [5, 5.41) is 26.8. The SMILES string of the molecule is CCC(C)C(NC(=O)C(N)Cc1cnc[nH]1)C(=O)NC(Cc1ccccc1)C(=O)NC(C(=O)O)C(C)O. The van der Waals surface area contributed by atoms with Gasteiger partial charge in [-0.15, -0.1) is 0 Å². The zero-order chi connectivity index (χ0) is 27.5. The Balaban J connectivity index is 2.21. The molecule has 37 heavy (non-hydrogen) atoms. The van der Waals surface area contributed by atoms with Crippen LogP contribution in [0.3, 0.4) is 0 Å². The molecule has 0 spiro atoms. The van der Waals surface area contributed by atoms with Gasteiger partial charge in [-0.1, -0.05) is 50.6 Å². The van der Waals surface area contributed by atoms with Crippen LogP contribution in [0, 0.1) is 5.92 Å². The number of nitrogens with two attached hydrogens (primary N) is 1. The summed E-state index contributed by atoms with van der Waals surface area (Å²) in [4.78, 5) is 57.4. The Morgan fingerprint density at radius 1 is 0.973 bits per heavy atom. The largest absolute Gasteiger partial charge is 0.480 e. The zero-order valence-corrected chi connectivity index (χ0v) is 21.2. The summed E-state index contributed by atoms with van der Waals surface area (Å²) < 4.78 is 0. The topological polar surface area (TPSA) is 200 Å². The number of aliphatic hydroxyl groups excluding tert-OH is 1. The molecule has 0 saturated carbocycles. The Labute approximate surface area is 215 Å². The molecule has 0 fully saturated rings. The summed E-state index contributed by atoms with van der Waals surface area (Å²) >= 11 is 0. The first-order valence-corrected chi connectivity index (χ1v) is 12.1. The van der Waals surface area contributed by atoms with Crippen LogP contribution in [-0.2, 0) is 32.0 Å². The van der Waals surface area contributed by atoms with Crippen LogP contribution in [0.1, 0.15) is 38.4 Å². The van der Waals surface area contributed by atoms with Gasteiger partial charge in [0.1, 0.15) is 12.1 Å². The number of hydrogen-bond donors (Lipinski definition) is 7. The summed E-state index contributed by atoms with van der Waals surface area (Å²) in [6, 6.07) is 4.19. The molecule has 3 amide bonds. The fourth-order valence-corrected chi connectivity index (χ4v) is 3.65. The summed E-state index contributed by atoms with van der Waals surface area (Å²) in [6.07, 6.45) is 2.46. The van der Waals surface area contributed by atoms with Crippen molar-refractivity contribution in [1.29, 1.82) is 0 Å². The Morgan fingerprint density at radius 2 is 1.62 bits per heavy atom. The first kappa shape index (κ1) is 29.5. The van der Waals surface area contributed by atoms with Crippen LogP contribution >= 0.6 is 0 Å². The molecule has 202 valence electrons. The Morgan fingerprint density at radius 3 is 2.16 bits per heavy atom. The molecule has 6 atom stereocenters. The van der Waals surface area contributed by atoms with Crippen LogP contribution in [0.15, 0.2) is 42.9 Å². The zero-order valence-electron chi connectivity index (χ0n) is 21.2. The van der Waals surface area contributed by atoms with E-state index in [-0.39, 0.29) is 18.8 Å². The van der Waals surface area contributed by atoms with Crippen molar-refractivity contribution in [3.05, 3.63) is 54.1 Å². The maximum atomic E-state index is 13.3. The number of aliphatic hydroxyl groups is 1. The third kappa shape index (κ3) is 8.99. The maximum absolute atomic E-state index is 13.3. The van der Waals surface area contributed by atoms with Gasteiger partial charge in [-0.05, 0) is 18.4 Å². The van der Waals surface area contributed by atoms with Gasteiger partial charge in [0.2, 0.25) is 17.7 Å². The molecule has 0 aliphatic rings. The van der Waals surface area contributed by atoms with Crippen molar-refractivity contribution in [2.75, 3.05) is 0 Å². The molecule has 1 heterocycles. The number of carbonyl (C=O) groups is 4. The number of H-pyrrole nitrogens is 1. The third-order valence-corrected chi connectivity index (χ3v) is 6.09. The van der Waals surface area contributed by atoms with Gasteiger partial charge in [-0.25, -0.2) is 9.78 Å². The average Bonchev–Trinajstić information content (AvgIpc) is 3.37. The molecule has 2 rings (SSSR count). The highest BCUT2D eigenvalue weighted by Gasteiger charge is 2.33. The lowest BCUT2D eigenvalue weighted by Gasteiger charge is -2.28. The number of benzene rings is 1. The van der Waals surface area contributed by atoms with Crippen LogP contribution in [-0.4, -0.2) is 74.1 Å². The molecule has 1 aromatic carbocycles. The van der Waals surface area contributed by atoms with E-state index in [1.165, 1.54) is 13.3 Å². The van der Waals surface area contributed by atoms with E-state index in [9.17, 15) is 29.4 Å². The normalized spacial score (nSPS) is 15.9. The maximum Gasteiger partial charge on any atom is 0.328 e. The molecule has 0 aliphatic carbocycles. The minimum absolute atomic E-state index is 0.0606. The Bertz CT molecular complexity index is 1030. The van der Waals surface area contributed by atoms with E-state index in [0.717, 1.165) is 5.56 Å². The fourth-order valence-electron chi connectivity index (χ4n) is 3.65. The molecule has 0 bridgehead atoms. The molecule has 12 heteroatoms. The number of aromatic amines is 1. The first-order chi connectivity index (χ1) is 17.5. The average molecular weight is 517 g/mol. The lowest BCUT2D eigenvalue weighted by Crippen LogP contribution is -2.60. The van der Waals surface area contributed by atoms with Gasteiger partial charge < -0.3 is 36.9 Å². The molecular formula is C25H36N6O6. The van der Waals surface area contributed by atoms with E-state index < -0.39 is 54.0 Å². The highest BCUT2D eigenvalue weighted by atomic mass is 16.4. The Kier molecular flexibility index (Phi) is 11.2. The van der Waals surface area contributed by atoms with Crippen LogP contribution in [0.2, 0.25) is 0 Å². The minimum atomic E-state index is -1.56. The molecule has 1 aromatic heterocycles. The second-order valence-corrected chi connectivity index (χ2v) is 9.08. The summed E-state index contributed by atoms with van der Waals surface area (Å²) in [6.45, 7) is 4.88. The monoisotopic (exact) mass is 516 g/mol. The van der Waals surface area contributed by atoms with Gasteiger partial charge in [-0.2, -0.15) is 0 Å². The number of nitrogens with zero attached hydrogens (tertiary/aromatic N) is 1. The molecule has 0 radical (unpaired) electrons. The van der Waals surface area contributed by atoms with Crippen molar-refractivity contribution >= 4 is 23.7 Å². The van der Waals surface area contributed by atoms with E-state index in [4.69, 9.17) is 5.73 Å². The second-order valence-electron chi connectivity index (χ2n) is 9.08. The van der Waals surface area contributed by atoms with Crippen LogP contribution < -0.4 is 21.7 Å². The molecule has 6 unspecified atom stereocenters. The molecular weight excluding hydrogens is 480 g/mol. The van der Waals surface area contributed by atoms with Crippen molar-refractivity contribution in [1.82, 2.24) is 25.9 Å². The number of imidazole rings is 1. The summed E-state index contributed by atoms with van der Waals surface area (Å²) in [5.41, 5.74) is 7.41. The molecule has 8 N–H and O–H groups in total. The van der Waals surface area contributed by atoms with E-state index >= 15 is 0 Å². The summed E-state index contributed by atoms with van der Waals surface area (Å²) in [5.74, 6) is -3.65. The lowest BCUT2D eigenvalue weighted by molar-refractivity contribution is -0.145. The van der Waals surface area contributed by atoms with Crippen molar-refractivity contribution < 1.29 is 29.4 Å². The van der Waals surface area contributed by atoms with E-state index in [1.807, 2.05) is 6.92 Å². The van der Waals surface area contributed by atoms with Crippen molar-refractivity contribution in [3.8, 4) is 0 Å². The van der Waals surface area contributed by atoms with Gasteiger partial charge in [-0.3, -0.25) is 14.4 Å². The molecule has 0 aliphatic heterocycles. The standard InChI is InChI=1S/C25H36N6O6/c1-4-14(2)20(30-22(33)18(26)11-17-12-27-13-28-17)24(35)29-19(10-16-8-6-5-7-9-16)23(34)31-21(15(3)32)25(36)37/h5-9,12-15,18-21,32H,4,10-11,26H2,1-3H3,(H,27,28)(H,29,35)(H,30,33)(H,31,34)(H,36,37). The van der Waals surface area contributed by atoms with E-state index in [0.29, 0.717) is 12.1 Å². The van der Waals surface area contributed by atoms with Gasteiger partial charge >= 0.3 is 5.97 Å². The number of rotatable bonds is 14. The second kappa shape index (κ2) is 14.1. The van der Waals surface area contributed by atoms with Crippen LogP contribution in [0.4, 0.5) is 0 Å². The van der Waals surface area contributed by atoms with Crippen LogP contribution in [0.5, 0.6) is 0 Å². The lowest BCUT2D eigenvalue weighted by atomic mass is 9.96. The third-order valence-electron chi connectivity index (χ3n) is 6.09. The van der Waals surface area contributed by atoms with Gasteiger partial charge in [0.25, 0.3) is 0 Å². The minimum Gasteiger partial charge on any atom is -0.480 e. The fraction of sp³-hybridized carbons (Fsp3) is 0.480.